The number of carbonyl (C=O) groups excluding carboxylic acids is 1. The van der Waals surface area contributed by atoms with Crippen molar-refractivity contribution in [3.63, 3.8) is 0 Å². The van der Waals surface area contributed by atoms with Gasteiger partial charge in [-0.05, 0) is 63.3 Å². The van der Waals surface area contributed by atoms with E-state index in [0.717, 1.165) is 32.2 Å². The van der Waals surface area contributed by atoms with Crippen molar-refractivity contribution in [1.29, 1.82) is 0 Å². The van der Waals surface area contributed by atoms with Gasteiger partial charge in [0.15, 0.2) is 11.3 Å². The topological polar surface area (TPSA) is 45.9 Å². The number of piperidine rings is 1. The Bertz CT molecular complexity index is 1040. The number of carbonyl (C=O) groups is 1. The summed E-state index contributed by atoms with van der Waals surface area (Å²) in [5.74, 6) is 0.291. The minimum Gasteiger partial charge on any atom is -0.476 e. The Hall–Kier alpha value is -2.26. The van der Waals surface area contributed by atoms with E-state index in [1.54, 1.807) is 32.0 Å². The molecule has 2 fully saturated rings. The molecular formula is C25H27Cl2N3O2. The third-order valence-electron chi connectivity index (χ3n) is 6.43. The Balaban J connectivity index is 1.37. The van der Waals surface area contributed by atoms with Crippen LogP contribution in [-0.2, 0) is 11.3 Å². The molecule has 7 heteroatoms. The molecule has 0 radical (unpaired) electrons. The summed E-state index contributed by atoms with van der Waals surface area (Å²) in [6, 6.07) is 13.8. The first kappa shape index (κ1) is 22.9. The van der Waals surface area contributed by atoms with Crippen LogP contribution in [-0.4, -0.2) is 34.5 Å². The van der Waals surface area contributed by atoms with E-state index in [9.17, 15) is 4.79 Å². The predicted octanol–water partition coefficient (Wildman–Crippen LogP) is 6.01. The molecule has 2 atom stereocenters. The average molecular weight is 472 g/mol. The number of nitrogens with zero attached hydrogens (tertiary/aromatic N) is 2. The van der Waals surface area contributed by atoms with Crippen LogP contribution < -0.4 is 10.1 Å². The molecule has 2 unspecified atom stereocenters. The smallest absolute Gasteiger partial charge is 0.263 e. The fourth-order valence-electron chi connectivity index (χ4n) is 4.82. The third-order valence-corrected chi connectivity index (χ3v) is 6.96. The second-order valence-corrected chi connectivity index (χ2v) is 10.0. The largest absolute Gasteiger partial charge is 0.476 e. The van der Waals surface area contributed by atoms with E-state index in [1.807, 2.05) is 18.2 Å². The van der Waals surface area contributed by atoms with Gasteiger partial charge >= 0.3 is 0 Å². The van der Waals surface area contributed by atoms with Crippen molar-refractivity contribution in [2.24, 2.45) is 0 Å². The van der Waals surface area contributed by atoms with Gasteiger partial charge in [-0.1, -0.05) is 47.5 Å². The van der Waals surface area contributed by atoms with E-state index in [0.29, 0.717) is 33.6 Å². The molecule has 32 heavy (non-hydrogen) atoms. The molecular weight excluding hydrogens is 445 g/mol. The van der Waals surface area contributed by atoms with Gasteiger partial charge in [-0.25, -0.2) is 4.85 Å². The van der Waals surface area contributed by atoms with Crippen LogP contribution in [0.25, 0.3) is 4.85 Å². The van der Waals surface area contributed by atoms with Gasteiger partial charge in [0.1, 0.15) is 5.75 Å². The van der Waals surface area contributed by atoms with E-state index in [2.05, 4.69) is 21.1 Å². The molecule has 0 aliphatic carbocycles. The highest BCUT2D eigenvalue weighted by Crippen LogP contribution is 2.37. The van der Waals surface area contributed by atoms with Crippen molar-refractivity contribution >= 4 is 34.8 Å². The molecule has 0 aromatic heterocycles. The van der Waals surface area contributed by atoms with Gasteiger partial charge in [0, 0.05) is 29.7 Å². The zero-order valence-electron chi connectivity index (χ0n) is 18.3. The van der Waals surface area contributed by atoms with Crippen molar-refractivity contribution < 1.29 is 9.53 Å². The number of hydrogen-bond acceptors (Lipinski definition) is 3. The normalized spacial score (nSPS) is 22.9. The Kier molecular flexibility index (Phi) is 6.67. The fraction of sp³-hybridized carbons (Fsp3) is 0.440. The quantitative estimate of drug-likeness (QED) is 0.524. The summed E-state index contributed by atoms with van der Waals surface area (Å²) in [4.78, 5) is 19.1. The van der Waals surface area contributed by atoms with Gasteiger partial charge in [0.05, 0.1) is 11.6 Å². The first-order chi connectivity index (χ1) is 15.2. The molecule has 0 saturated carbocycles. The molecule has 168 valence electrons. The van der Waals surface area contributed by atoms with Crippen LogP contribution in [0.15, 0.2) is 42.5 Å². The van der Waals surface area contributed by atoms with Gasteiger partial charge in [0.2, 0.25) is 0 Å². The third kappa shape index (κ3) is 5.04. The molecule has 1 N–H and O–H groups in total. The second kappa shape index (κ2) is 9.31. The van der Waals surface area contributed by atoms with Crippen LogP contribution in [0.4, 0.5) is 5.69 Å². The summed E-state index contributed by atoms with van der Waals surface area (Å²) in [6.07, 6.45) is 4.12. The maximum absolute atomic E-state index is 13.0. The Morgan fingerprint density at radius 3 is 2.56 bits per heavy atom. The summed E-state index contributed by atoms with van der Waals surface area (Å²) < 4.78 is 5.94. The Morgan fingerprint density at radius 2 is 1.91 bits per heavy atom. The summed E-state index contributed by atoms with van der Waals surface area (Å²) in [5, 5.41) is 4.12. The highest BCUT2D eigenvalue weighted by atomic mass is 35.5. The van der Waals surface area contributed by atoms with Crippen LogP contribution in [0.2, 0.25) is 10.0 Å². The minimum absolute atomic E-state index is 0.120. The van der Waals surface area contributed by atoms with Gasteiger partial charge < -0.3 is 10.1 Å². The molecule has 2 bridgehead atoms. The van der Waals surface area contributed by atoms with Gasteiger partial charge in [-0.3, -0.25) is 9.69 Å². The van der Waals surface area contributed by atoms with Crippen LogP contribution in [0.5, 0.6) is 5.75 Å². The molecule has 1 amide bonds. The number of rotatable bonds is 6. The Labute approximate surface area is 199 Å². The maximum Gasteiger partial charge on any atom is 0.263 e. The van der Waals surface area contributed by atoms with Crippen LogP contribution in [0.3, 0.4) is 0 Å². The van der Waals surface area contributed by atoms with Crippen LogP contribution in [0.1, 0.15) is 45.1 Å². The number of halogens is 2. The number of nitrogens with one attached hydrogen (secondary N) is 1. The highest BCUT2D eigenvalue weighted by Gasteiger charge is 2.42. The minimum atomic E-state index is -1.06. The number of amides is 1. The second-order valence-electron chi connectivity index (χ2n) is 9.17. The lowest BCUT2D eigenvalue weighted by atomic mass is 9.95. The van der Waals surface area contributed by atoms with E-state index in [4.69, 9.17) is 34.5 Å². The number of benzene rings is 2. The van der Waals surface area contributed by atoms with Gasteiger partial charge in [-0.15, -0.1) is 0 Å². The van der Waals surface area contributed by atoms with E-state index in [1.165, 1.54) is 5.56 Å². The summed E-state index contributed by atoms with van der Waals surface area (Å²) in [7, 11) is 0. The van der Waals surface area contributed by atoms with Crippen LogP contribution >= 0.6 is 23.2 Å². The monoisotopic (exact) mass is 471 g/mol. The number of ether oxygens (including phenoxy) is 1. The standard InChI is InChI=1S/C25H27Cl2N3O2/c1-25(2,32-23-10-7-17(26)12-22(23)27)24(31)29-19-13-20-8-9-21(14-19)30(20)15-16-5-4-6-18(11-16)28-3/h4-7,10-12,19-21H,8-9,13-15H2,1-2H3,(H,29,31). The van der Waals surface area contributed by atoms with E-state index in [-0.39, 0.29) is 11.9 Å². The maximum atomic E-state index is 13.0. The average Bonchev–Trinajstić information content (AvgIpc) is 2.98. The van der Waals surface area contributed by atoms with E-state index < -0.39 is 5.60 Å². The van der Waals surface area contributed by atoms with Gasteiger partial charge in [0.25, 0.3) is 5.91 Å². The molecule has 2 aromatic carbocycles. The fourth-order valence-corrected chi connectivity index (χ4v) is 5.27. The molecule has 4 rings (SSSR count). The van der Waals surface area contributed by atoms with Crippen molar-refractivity contribution in [3.8, 4) is 5.75 Å². The SMILES string of the molecule is [C-]#[N+]c1cccc(CN2C3CCC2CC(NC(=O)C(C)(C)Oc2ccc(Cl)cc2Cl)C3)c1. The van der Waals surface area contributed by atoms with Gasteiger partial charge in [-0.2, -0.15) is 0 Å². The summed E-state index contributed by atoms with van der Waals surface area (Å²) >= 11 is 12.2. The van der Waals surface area contributed by atoms with Crippen LogP contribution in [0, 0.1) is 6.57 Å². The Morgan fingerprint density at radius 1 is 1.19 bits per heavy atom. The molecule has 2 aromatic rings. The summed E-state index contributed by atoms with van der Waals surface area (Å²) in [6.45, 7) is 11.6. The highest BCUT2D eigenvalue weighted by molar-refractivity contribution is 6.35. The molecule has 2 aliphatic rings. The molecule has 2 saturated heterocycles. The van der Waals surface area contributed by atoms with Crippen molar-refractivity contribution in [1.82, 2.24) is 10.2 Å². The van der Waals surface area contributed by atoms with Crippen molar-refractivity contribution in [3.05, 3.63) is 69.5 Å². The molecule has 2 heterocycles. The van der Waals surface area contributed by atoms with Crippen molar-refractivity contribution in [2.45, 2.75) is 69.8 Å². The first-order valence-corrected chi connectivity index (χ1v) is 11.7. The predicted molar refractivity (Wildman–Crippen MR) is 127 cm³/mol. The number of fused-ring (bicyclic) bond motifs is 2. The molecule has 0 spiro atoms. The summed E-state index contributed by atoms with van der Waals surface area (Å²) in [5.41, 5.74) is 0.792. The first-order valence-electron chi connectivity index (χ1n) is 10.9. The zero-order valence-corrected chi connectivity index (χ0v) is 19.8. The van der Waals surface area contributed by atoms with E-state index >= 15 is 0 Å². The lowest BCUT2D eigenvalue weighted by Gasteiger charge is -2.40. The lowest BCUT2D eigenvalue weighted by molar-refractivity contribution is -0.135. The zero-order chi connectivity index (χ0) is 22.9. The lowest BCUT2D eigenvalue weighted by Crippen LogP contribution is -2.55. The number of hydrogen-bond donors (Lipinski definition) is 1. The molecule has 2 aliphatic heterocycles. The van der Waals surface area contributed by atoms with Crippen molar-refractivity contribution in [2.75, 3.05) is 0 Å². The molecule has 5 nitrogen and oxygen atoms in total.